The van der Waals surface area contributed by atoms with Crippen molar-refractivity contribution in [3.05, 3.63) is 74.3 Å². The summed E-state index contributed by atoms with van der Waals surface area (Å²) >= 11 is 4.64. The largest absolute Gasteiger partial charge is 0.451 e. The average molecular weight is 444 g/mol. The summed E-state index contributed by atoms with van der Waals surface area (Å²) in [5.74, 6) is -0.206. The molecule has 0 fully saturated rings. The van der Waals surface area contributed by atoms with Gasteiger partial charge < -0.3 is 4.42 Å². The number of amides is 1. The molecular weight excluding hydrogens is 434 g/mol. The molecule has 1 amide bonds. The van der Waals surface area contributed by atoms with Gasteiger partial charge in [-0.3, -0.25) is 20.2 Å². The number of nitrogens with zero attached hydrogens (tertiary/aromatic N) is 2. The fourth-order valence-electron chi connectivity index (χ4n) is 2.50. The van der Waals surface area contributed by atoms with Crippen molar-refractivity contribution in [3.63, 3.8) is 0 Å². The highest BCUT2D eigenvalue weighted by atomic mass is 79.9. The third kappa shape index (κ3) is 3.60. The number of thiazole rings is 1. The number of carbonyl (C=O) groups is 1. The second kappa shape index (κ2) is 6.93. The number of hydrogen-bond acceptors (Lipinski definition) is 6. The van der Waals surface area contributed by atoms with Crippen molar-refractivity contribution in [2.75, 3.05) is 5.32 Å². The number of halogens is 1. The van der Waals surface area contributed by atoms with Crippen LogP contribution in [0.1, 0.15) is 10.6 Å². The summed E-state index contributed by atoms with van der Waals surface area (Å²) in [4.78, 5) is 27.0. The zero-order valence-corrected chi connectivity index (χ0v) is 15.9. The van der Waals surface area contributed by atoms with E-state index in [2.05, 4.69) is 26.2 Å². The van der Waals surface area contributed by atoms with Crippen molar-refractivity contribution < 1.29 is 14.1 Å². The van der Waals surface area contributed by atoms with Gasteiger partial charge in [-0.2, -0.15) is 0 Å². The van der Waals surface area contributed by atoms with Crippen LogP contribution >= 0.6 is 27.3 Å². The van der Waals surface area contributed by atoms with Gasteiger partial charge >= 0.3 is 0 Å². The molecule has 4 aromatic rings. The number of aromatic nitrogens is 1. The Labute approximate surface area is 164 Å². The van der Waals surface area contributed by atoms with Crippen LogP contribution in [-0.2, 0) is 0 Å². The number of nitro groups is 1. The molecule has 0 atom stereocenters. The lowest BCUT2D eigenvalue weighted by Gasteiger charge is -1.98. The van der Waals surface area contributed by atoms with Gasteiger partial charge in [0.2, 0.25) is 0 Å². The zero-order chi connectivity index (χ0) is 19.0. The Kier molecular flexibility index (Phi) is 4.46. The SMILES string of the molecule is O=C(Nc1nc(-c2ccc([N+](=O)[O-])cc2)cs1)c1cc2cc(Br)ccc2o1. The third-order valence-corrected chi connectivity index (χ3v) is 5.05. The van der Waals surface area contributed by atoms with Gasteiger partial charge in [0.15, 0.2) is 10.9 Å². The van der Waals surface area contributed by atoms with Gasteiger partial charge in [-0.05, 0) is 36.4 Å². The average Bonchev–Trinajstić information content (AvgIpc) is 3.28. The molecule has 0 saturated heterocycles. The van der Waals surface area contributed by atoms with Crippen molar-refractivity contribution in [3.8, 4) is 11.3 Å². The molecule has 0 bridgehead atoms. The Hall–Kier alpha value is -3.04. The van der Waals surface area contributed by atoms with Gasteiger partial charge in [-0.15, -0.1) is 11.3 Å². The molecule has 2 heterocycles. The highest BCUT2D eigenvalue weighted by Crippen LogP contribution is 2.28. The number of fused-ring (bicyclic) bond motifs is 1. The number of rotatable bonds is 4. The second-order valence-corrected chi connectivity index (χ2v) is 7.36. The molecule has 1 N–H and O–H groups in total. The minimum atomic E-state index is -0.456. The molecule has 2 aromatic carbocycles. The predicted molar refractivity (Wildman–Crippen MR) is 106 cm³/mol. The van der Waals surface area contributed by atoms with Crippen LogP contribution in [0, 0.1) is 10.1 Å². The number of nitro benzene ring substituents is 1. The first-order chi connectivity index (χ1) is 13.0. The molecule has 134 valence electrons. The number of benzene rings is 2. The van der Waals surface area contributed by atoms with Crippen molar-refractivity contribution in [1.29, 1.82) is 0 Å². The minimum absolute atomic E-state index is 0.0130. The van der Waals surface area contributed by atoms with E-state index < -0.39 is 10.8 Å². The fraction of sp³-hybridized carbons (Fsp3) is 0. The number of non-ortho nitro benzene ring substituents is 1. The van der Waals surface area contributed by atoms with Crippen LogP contribution in [-0.4, -0.2) is 15.8 Å². The van der Waals surface area contributed by atoms with Crippen molar-refractivity contribution in [2.24, 2.45) is 0 Å². The lowest BCUT2D eigenvalue weighted by molar-refractivity contribution is -0.384. The molecule has 0 aliphatic rings. The first-order valence-corrected chi connectivity index (χ1v) is 9.38. The standard InChI is InChI=1S/C18H10BrN3O4S/c19-12-3-6-15-11(7-12)8-16(26-15)17(23)21-18-20-14(9-27-18)10-1-4-13(5-2-10)22(24)25/h1-9H,(H,20,21,23). The highest BCUT2D eigenvalue weighted by Gasteiger charge is 2.15. The van der Waals surface area contributed by atoms with Gasteiger partial charge in [-0.1, -0.05) is 15.9 Å². The summed E-state index contributed by atoms with van der Waals surface area (Å²) in [5.41, 5.74) is 1.98. The molecule has 0 unspecified atom stereocenters. The van der Waals surface area contributed by atoms with Gasteiger partial charge in [-0.25, -0.2) is 4.98 Å². The number of anilines is 1. The third-order valence-electron chi connectivity index (χ3n) is 3.80. The van der Waals surface area contributed by atoms with E-state index in [1.165, 1.54) is 23.5 Å². The molecule has 7 nitrogen and oxygen atoms in total. The van der Waals surface area contributed by atoms with Crippen LogP contribution < -0.4 is 5.32 Å². The summed E-state index contributed by atoms with van der Waals surface area (Å²) in [7, 11) is 0. The maximum absolute atomic E-state index is 12.4. The molecule has 9 heteroatoms. The zero-order valence-electron chi connectivity index (χ0n) is 13.5. The molecule has 4 rings (SSSR count). The van der Waals surface area contributed by atoms with Crippen molar-refractivity contribution in [2.45, 2.75) is 0 Å². The maximum atomic E-state index is 12.4. The topological polar surface area (TPSA) is 98.3 Å². The molecule has 0 aliphatic carbocycles. The summed E-state index contributed by atoms with van der Waals surface area (Å²) in [6.07, 6.45) is 0. The summed E-state index contributed by atoms with van der Waals surface area (Å²) in [6, 6.07) is 13.2. The quantitative estimate of drug-likeness (QED) is 0.332. The van der Waals surface area contributed by atoms with Gasteiger partial charge in [0.1, 0.15) is 5.58 Å². The van der Waals surface area contributed by atoms with E-state index in [-0.39, 0.29) is 11.4 Å². The molecule has 0 spiro atoms. The summed E-state index contributed by atoms with van der Waals surface area (Å²) in [5, 5.41) is 16.4. The maximum Gasteiger partial charge on any atom is 0.293 e. The van der Waals surface area contributed by atoms with Crippen LogP contribution in [0.15, 0.2) is 62.8 Å². The van der Waals surface area contributed by atoms with E-state index in [0.717, 1.165) is 15.4 Å². The Morgan fingerprint density at radius 3 is 2.70 bits per heavy atom. The molecule has 0 radical (unpaired) electrons. The Morgan fingerprint density at radius 1 is 1.19 bits per heavy atom. The smallest absolute Gasteiger partial charge is 0.293 e. The Morgan fingerprint density at radius 2 is 1.96 bits per heavy atom. The minimum Gasteiger partial charge on any atom is -0.451 e. The normalized spacial score (nSPS) is 10.9. The molecule has 2 aromatic heterocycles. The highest BCUT2D eigenvalue weighted by molar-refractivity contribution is 9.10. The van der Waals surface area contributed by atoms with E-state index in [1.807, 2.05) is 12.1 Å². The van der Waals surface area contributed by atoms with Gasteiger partial charge in [0, 0.05) is 32.9 Å². The van der Waals surface area contributed by atoms with E-state index in [4.69, 9.17) is 4.42 Å². The lowest BCUT2D eigenvalue weighted by Crippen LogP contribution is -2.10. The summed E-state index contributed by atoms with van der Waals surface area (Å²) in [6.45, 7) is 0. The van der Waals surface area contributed by atoms with Crippen LogP contribution in [0.3, 0.4) is 0 Å². The van der Waals surface area contributed by atoms with E-state index in [1.54, 1.807) is 29.6 Å². The van der Waals surface area contributed by atoms with Crippen LogP contribution in [0.4, 0.5) is 10.8 Å². The number of furan rings is 1. The number of nitrogens with one attached hydrogen (secondary N) is 1. The molecular formula is C18H10BrN3O4S. The molecule has 0 saturated carbocycles. The van der Waals surface area contributed by atoms with E-state index in [9.17, 15) is 14.9 Å². The molecule has 0 aliphatic heterocycles. The Balaban J connectivity index is 1.52. The number of hydrogen-bond donors (Lipinski definition) is 1. The first-order valence-electron chi connectivity index (χ1n) is 7.70. The lowest BCUT2D eigenvalue weighted by atomic mass is 10.1. The van der Waals surface area contributed by atoms with E-state index in [0.29, 0.717) is 16.4 Å². The van der Waals surface area contributed by atoms with Gasteiger partial charge in [0.05, 0.1) is 10.6 Å². The van der Waals surface area contributed by atoms with Crippen LogP contribution in [0.2, 0.25) is 0 Å². The van der Waals surface area contributed by atoms with Crippen molar-refractivity contribution in [1.82, 2.24) is 4.98 Å². The summed E-state index contributed by atoms with van der Waals surface area (Å²) < 4.78 is 6.46. The van der Waals surface area contributed by atoms with Crippen LogP contribution in [0.25, 0.3) is 22.2 Å². The van der Waals surface area contributed by atoms with Gasteiger partial charge in [0.25, 0.3) is 11.6 Å². The predicted octanol–water partition coefficient (Wildman–Crippen LogP) is 5.48. The van der Waals surface area contributed by atoms with Crippen LogP contribution in [0.5, 0.6) is 0 Å². The molecule has 27 heavy (non-hydrogen) atoms. The van der Waals surface area contributed by atoms with Crippen molar-refractivity contribution >= 4 is 55.0 Å². The number of carbonyl (C=O) groups excluding carboxylic acids is 1. The van der Waals surface area contributed by atoms with E-state index >= 15 is 0 Å². The first kappa shape index (κ1) is 17.4. The fourth-order valence-corrected chi connectivity index (χ4v) is 3.60. The monoisotopic (exact) mass is 443 g/mol. The second-order valence-electron chi connectivity index (χ2n) is 5.59. The Bertz CT molecular complexity index is 1170.